The van der Waals surface area contributed by atoms with Gasteiger partial charge in [0.1, 0.15) is 11.5 Å². The van der Waals surface area contributed by atoms with Crippen molar-refractivity contribution < 1.29 is 15.0 Å². The van der Waals surface area contributed by atoms with E-state index in [1.807, 2.05) is 0 Å². The first-order valence-electron chi connectivity index (χ1n) is 6.79. The van der Waals surface area contributed by atoms with Crippen LogP contribution in [0.3, 0.4) is 0 Å². The SMILES string of the molecule is CC(C)(C)C1=CCN(C(=O)c2cc(O)cc(O)c2)CC1. The molecule has 0 aromatic heterocycles. The van der Waals surface area contributed by atoms with Gasteiger partial charge in [0.25, 0.3) is 5.91 Å². The summed E-state index contributed by atoms with van der Waals surface area (Å²) in [5.74, 6) is -0.368. The Hall–Kier alpha value is -1.97. The van der Waals surface area contributed by atoms with Gasteiger partial charge in [0.2, 0.25) is 0 Å². The Balaban J connectivity index is 2.14. The van der Waals surface area contributed by atoms with E-state index in [0.717, 1.165) is 6.42 Å². The summed E-state index contributed by atoms with van der Waals surface area (Å²) < 4.78 is 0. The summed E-state index contributed by atoms with van der Waals surface area (Å²) in [4.78, 5) is 14.1. The fourth-order valence-corrected chi connectivity index (χ4v) is 2.44. The summed E-state index contributed by atoms with van der Waals surface area (Å²) >= 11 is 0. The molecule has 0 saturated carbocycles. The molecule has 2 N–H and O–H groups in total. The second kappa shape index (κ2) is 5.19. The molecule has 0 spiro atoms. The van der Waals surface area contributed by atoms with Crippen LogP contribution in [0.2, 0.25) is 0 Å². The highest BCUT2D eigenvalue weighted by molar-refractivity contribution is 5.95. The predicted molar refractivity (Wildman–Crippen MR) is 77.8 cm³/mol. The Kier molecular flexibility index (Phi) is 3.75. The van der Waals surface area contributed by atoms with Crippen LogP contribution in [-0.4, -0.2) is 34.1 Å². The summed E-state index contributed by atoms with van der Waals surface area (Å²) in [5.41, 5.74) is 1.81. The van der Waals surface area contributed by atoms with Crippen LogP contribution in [0.25, 0.3) is 0 Å². The largest absolute Gasteiger partial charge is 0.508 e. The average molecular weight is 275 g/mol. The van der Waals surface area contributed by atoms with E-state index >= 15 is 0 Å². The van der Waals surface area contributed by atoms with Crippen LogP contribution in [0.1, 0.15) is 37.6 Å². The van der Waals surface area contributed by atoms with Gasteiger partial charge in [-0.15, -0.1) is 0 Å². The summed E-state index contributed by atoms with van der Waals surface area (Å²) in [6, 6.07) is 3.97. The maximum Gasteiger partial charge on any atom is 0.254 e. The Bertz CT molecular complexity index is 535. The molecule has 1 aliphatic rings. The van der Waals surface area contributed by atoms with Crippen molar-refractivity contribution in [1.82, 2.24) is 4.90 Å². The number of rotatable bonds is 1. The molecular weight excluding hydrogens is 254 g/mol. The number of aromatic hydroxyl groups is 2. The molecule has 0 atom stereocenters. The lowest BCUT2D eigenvalue weighted by Gasteiger charge is -2.32. The molecule has 0 radical (unpaired) electrons. The molecular formula is C16H21NO3. The highest BCUT2D eigenvalue weighted by atomic mass is 16.3. The molecule has 4 heteroatoms. The first-order chi connectivity index (χ1) is 9.27. The van der Waals surface area contributed by atoms with Crippen LogP contribution in [0, 0.1) is 5.41 Å². The minimum absolute atomic E-state index is 0.101. The topological polar surface area (TPSA) is 60.8 Å². The zero-order valence-electron chi connectivity index (χ0n) is 12.2. The van der Waals surface area contributed by atoms with E-state index in [4.69, 9.17) is 0 Å². The molecule has 1 aromatic carbocycles. The maximum absolute atomic E-state index is 12.3. The van der Waals surface area contributed by atoms with Crippen molar-refractivity contribution in [3.63, 3.8) is 0 Å². The molecule has 2 rings (SSSR count). The van der Waals surface area contributed by atoms with E-state index in [0.29, 0.717) is 18.7 Å². The van der Waals surface area contributed by atoms with Gasteiger partial charge >= 0.3 is 0 Å². The molecule has 1 amide bonds. The predicted octanol–water partition coefficient (Wildman–Crippen LogP) is 2.92. The highest BCUT2D eigenvalue weighted by Gasteiger charge is 2.24. The smallest absolute Gasteiger partial charge is 0.254 e. The van der Waals surface area contributed by atoms with Crippen molar-refractivity contribution >= 4 is 5.91 Å². The van der Waals surface area contributed by atoms with E-state index in [1.54, 1.807) is 4.90 Å². The van der Waals surface area contributed by atoms with Crippen LogP contribution in [0.5, 0.6) is 11.5 Å². The number of phenolic OH excluding ortho intramolecular Hbond substituents is 2. The van der Waals surface area contributed by atoms with Crippen molar-refractivity contribution in [3.05, 3.63) is 35.4 Å². The van der Waals surface area contributed by atoms with Gasteiger partial charge in [-0.1, -0.05) is 32.4 Å². The first-order valence-corrected chi connectivity index (χ1v) is 6.79. The number of benzene rings is 1. The Morgan fingerprint density at radius 2 is 1.75 bits per heavy atom. The number of hydrogen-bond donors (Lipinski definition) is 2. The van der Waals surface area contributed by atoms with E-state index in [-0.39, 0.29) is 22.8 Å². The lowest BCUT2D eigenvalue weighted by molar-refractivity contribution is 0.0764. The van der Waals surface area contributed by atoms with E-state index < -0.39 is 0 Å². The zero-order chi connectivity index (χ0) is 14.9. The second-order valence-electron chi connectivity index (χ2n) is 6.22. The van der Waals surface area contributed by atoms with Crippen LogP contribution in [0.4, 0.5) is 0 Å². The summed E-state index contributed by atoms with van der Waals surface area (Å²) in [6.07, 6.45) is 2.96. The van der Waals surface area contributed by atoms with Crippen molar-refractivity contribution in [2.75, 3.05) is 13.1 Å². The molecule has 108 valence electrons. The monoisotopic (exact) mass is 275 g/mol. The molecule has 1 aliphatic heterocycles. The Morgan fingerprint density at radius 1 is 1.15 bits per heavy atom. The third-order valence-electron chi connectivity index (χ3n) is 3.61. The molecule has 0 bridgehead atoms. The van der Waals surface area contributed by atoms with E-state index in [9.17, 15) is 15.0 Å². The van der Waals surface area contributed by atoms with Crippen LogP contribution in [0.15, 0.2) is 29.8 Å². The Morgan fingerprint density at radius 3 is 2.20 bits per heavy atom. The Labute approximate surface area is 119 Å². The molecule has 0 aliphatic carbocycles. The van der Waals surface area contributed by atoms with Gasteiger partial charge in [-0.05, 0) is 24.0 Å². The summed E-state index contributed by atoms with van der Waals surface area (Å²) in [6.45, 7) is 7.75. The van der Waals surface area contributed by atoms with Crippen LogP contribution >= 0.6 is 0 Å². The quantitative estimate of drug-likeness (QED) is 0.775. The molecule has 4 nitrogen and oxygen atoms in total. The maximum atomic E-state index is 12.3. The highest BCUT2D eigenvalue weighted by Crippen LogP contribution is 2.30. The number of hydrogen-bond acceptors (Lipinski definition) is 3. The van der Waals surface area contributed by atoms with Crippen molar-refractivity contribution in [2.24, 2.45) is 5.41 Å². The van der Waals surface area contributed by atoms with Crippen molar-refractivity contribution in [2.45, 2.75) is 27.2 Å². The molecule has 0 saturated heterocycles. The zero-order valence-corrected chi connectivity index (χ0v) is 12.2. The summed E-state index contributed by atoms with van der Waals surface area (Å²) in [5, 5.41) is 18.9. The standard InChI is InChI=1S/C16H21NO3/c1-16(2,3)12-4-6-17(7-5-12)15(20)11-8-13(18)10-14(19)9-11/h4,8-10,18-19H,5-7H2,1-3H3. The fourth-order valence-electron chi connectivity index (χ4n) is 2.44. The number of carbonyl (C=O) groups excluding carboxylic acids is 1. The van der Waals surface area contributed by atoms with Gasteiger partial charge in [0.15, 0.2) is 0 Å². The van der Waals surface area contributed by atoms with Gasteiger partial charge in [-0.25, -0.2) is 0 Å². The number of phenols is 2. The lowest BCUT2D eigenvalue weighted by atomic mass is 9.83. The van der Waals surface area contributed by atoms with Crippen molar-refractivity contribution in [1.29, 1.82) is 0 Å². The first kappa shape index (κ1) is 14.4. The minimum Gasteiger partial charge on any atom is -0.508 e. The number of carbonyl (C=O) groups is 1. The normalized spacial score (nSPS) is 15.9. The fraction of sp³-hybridized carbons (Fsp3) is 0.438. The van der Waals surface area contributed by atoms with E-state index in [2.05, 4.69) is 26.8 Å². The van der Waals surface area contributed by atoms with Gasteiger partial charge < -0.3 is 15.1 Å². The third-order valence-corrected chi connectivity index (χ3v) is 3.61. The third kappa shape index (κ3) is 3.13. The summed E-state index contributed by atoms with van der Waals surface area (Å²) in [7, 11) is 0. The van der Waals surface area contributed by atoms with Crippen molar-refractivity contribution in [3.8, 4) is 11.5 Å². The number of amides is 1. The van der Waals surface area contributed by atoms with Gasteiger partial charge in [0.05, 0.1) is 0 Å². The molecule has 1 heterocycles. The van der Waals surface area contributed by atoms with Gasteiger partial charge in [0, 0.05) is 24.7 Å². The molecule has 20 heavy (non-hydrogen) atoms. The second-order valence-corrected chi connectivity index (χ2v) is 6.22. The average Bonchev–Trinajstić information content (AvgIpc) is 2.36. The van der Waals surface area contributed by atoms with Crippen LogP contribution in [-0.2, 0) is 0 Å². The molecule has 1 aromatic rings. The van der Waals surface area contributed by atoms with Crippen LogP contribution < -0.4 is 0 Å². The minimum atomic E-state index is -0.166. The van der Waals surface area contributed by atoms with E-state index in [1.165, 1.54) is 23.8 Å². The van der Waals surface area contributed by atoms with Gasteiger partial charge in [-0.2, -0.15) is 0 Å². The molecule has 0 unspecified atom stereocenters. The molecule has 0 fully saturated rings. The lowest BCUT2D eigenvalue weighted by Crippen LogP contribution is -2.36. The van der Waals surface area contributed by atoms with Gasteiger partial charge in [-0.3, -0.25) is 4.79 Å². The number of nitrogens with zero attached hydrogens (tertiary/aromatic N) is 1.